The first-order valence-electron chi connectivity index (χ1n) is 6.26. The molecule has 2 aromatic rings. The summed E-state index contributed by atoms with van der Waals surface area (Å²) < 4.78 is 1.67. The Morgan fingerprint density at radius 2 is 1.71 bits per heavy atom. The minimum absolute atomic E-state index is 0.174. The van der Waals surface area contributed by atoms with Crippen molar-refractivity contribution in [2.45, 2.75) is 13.8 Å². The summed E-state index contributed by atoms with van der Waals surface area (Å²) in [6.45, 7) is 3.88. The monoisotopic (exact) mass is 411 g/mol. The molecule has 0 aliphatic rings. The SMILES string of the molecule is Cc1cc(Br)c(NC(=O)c2ccc(NN)c(C)c2)c(Br)c1. The van der Waals surface area contributed by atoms with Crippen molar-refractivity contribution in [2.75, 3.05) is 10.7 Å². The van der Waals surface area contributed by atoms with E-state index in [-0.39, 0.29) is 5.91 Å². The van der Waals surface area contributed by atoms with E-state index in [1.807, 2.05) is 26.0 Å². The molecule has 0 saturated carbocycles. The number of rotatable bonds is 3. The molecule has 2 rings (SSSR count). The number of carbonyl (C=O) groups excluding carboxylic acids is 1. The highest BCUT2D eigenvalue weighted by Crippen LogP contribution is 2.32. The van der Waals surface area contributed by atoms with E-state index in [1.165, 1.54) is 0 Å². The van der Waals surface area contributed by atoms with Crippen LogP contribution < -0.4 is 16.6 Å². The van der Waals surface area contributed by atoms with Crippen molar-refractivity contribution in [3.8, 4) is 0 Å². The fraction of sp³-hybridized carbons (Fsp3) is 0.133. The smallest absolute Gasteiger partial charge is 0.255 e. The summed E-state index contributed by atoms with van der Waals surface area (Å²) in [6.07, 6.45) is 0. The van der Waals surface area contributed by atoms with E-state index in [0.29, 0.717) is 11.3 Å². The van der Waals surface area contributed by atoms with Crippen LogP contribution in [0.3, 0.4) is 0 Å². The molecule has 0 aliphatic heterocycles. The lowest BCUT2D eigenvalue weighted by atomic mass is 10.1. The Kier molecular flexibility index (Phi) is 5.03. The molecule has 0 saturated heterocycles. The normalized spacial score (nSPS) is 10.3. The molecule has 0 fully saturated rings. The third kappa shape index (κ3) is 3.64. The van der Waals surface area contributed by atoms with Crippen LogP contribution in [0.1, 0.15) is 21.5 Å². The molecular weight excluding hydrogens is 398 g/mol. The molecule has 110 valence electrons. The lowest BCUT2D eigenvalue weighted by Gasteiger charge is -2.12. The Balaban J connectivity index is 2.28. The highest BCUT2D eigenvalue weighted by molar-refractivity contribution is 9.11. The van der Waals surface area contributed by atoms with Crippen LogP contribution in [-0.4, -0.2) is 5.91 Å². The van der Waals surface area contributed by atoms with Crippen LogP contribution in [0.5, 0.6) is 0 Å². The number of nitrogens with one attached hydrogen (secondary N) is 2. The third-order valence-electron chi connectivity index (χ3n) is 3.07. The number of anilines is 2. The number of hydrogen-bond acceptors (Lipinski definition) is 3. The van der Waals surface area contributed by atoms with Gasteiger partial charge in [0, 0.05) is 14.5 Å². The topological polar surface area (TPSA) is 67.2 Å². The number of nitrogen functional groups attached to an aromatic ring is 1. The van der Waals surface area contributed by atoms with E-state index in [4.69, 9.17) is 5.84 Å². The van der Waals surface area contributed by atoms with Crippen molar-refractivity contribution < 1.29 is 4.79 Å². The molecule has 0 radical (unpaired) electrons. The van der Waals surface area contributed by atoms with Gasteiger partial charge in [0.25, 0.3) is 5.91 Å². The van der Waals surface area contributed by atoms with Gasteiger partial charge in [0.1, 0.15) is 0 Å². The maximum Gasteiger partial charge on any atom is 0.255 e. The second-order valence-electron chi connectivity index (χ2n) is 4.73. The first kappa shape index (κ1) is 16.0. The average molecular weight is 413 g/mol. The number of carbonyl (C=O) groups is 1. The number of nitrogens with two attached hydrogens (primary N) is 1. The van der Waals surface area contributed by atoms with Gasteiger partial charge >= 0.3 is 0 Å². The molecule has 0 spiro atoms. The summed E-state index contributed by atoms with van der Waals surface area (Å²) >= 11 is 6.93. The molecule has 0 bridgehead atoms. The molecular formula is C15H15Br2N3O. The molecule has 0 heterocycles. The standard InChI is InChI=1S/C15H15Br2N3O/c1-8-5-11(16)14(12(17)6-8)19-15(21)10-3-4-13(20-18)9(2)7-10/h3-7,20H,18H2,1-2H3,(H,19,21). The van der Waals surface area contributed by atoms with Crippen LogP contribution in [0.4, 0.5) is 11.4 Å². The van der Waals surface area contributed by atoms with Gasteiger partial charge < -0.3 is 10.7 Å². The summed E-state index contributed by atoms with van der Waals surface area (Å²) in [5, 5.41) is 2.90. The Hall–Kier alpha value is -1.37. The number of hydrogen-bond donors (Lipinski definition) is 3. The molecule has 6 heteroatoms. The Morgan fingerprint density at radius 3 is 2.24 bits per heavy atom. The molecule has 0 aliphatic carbocycles. The zero-order valence-corrected chi connectivity index (χ0v) is 14.8. The highest BCUT2D eigenvalue weighted by atomic mass is 79.9. The van der Waals surface area contributed by atoms with Crippen LogP contribution in [0, 0.1) is 13.8 Å². The van der Waals surface area contributed by atoms with Gasteiger partial charge in [-0.3, -0.25) is 10.6 Å². The van der Waals surface area contributed by atoms with E-state index >= 15 is 0 Å². The van der Waals surface area contributed by atoms with Gasteiger partial charge in [0.05, 0.1) is 11.4 Å². The average Bonchev–Trinajstić information content (AvgIpc) is 2.42. The zero-order chi connectivity index (χ0) is 15.6. The summed E-state index contributed by atoms with van der Waals surface area (Å²) in [6, 6.07) is 9.21. The van der Waals surface area contributed by atoms with E-state index in [1.54, 1.807) is 18.2 Å². The fourth-order valence-corrected chi connectivity index (χ4v) is 3.59. The molecule has 1 amide bonds. The van der Waals surface area contributed by atoms with Gasteiger partial charge in [-0.25, -0.2) is 0 Å². The second-order valence-corrected chi connectivity index (χ2v) is 6.44. The highest BCUT2D eigenvalue weighted by Gasteiger charge is 2.12. The van der Waals surface area contributed by atoms with Gasteiger partial charge in [-0.15, -0.1) is 0 Å². The summed E-state index contributed by atoms with van der Waals surface area (Å²) in [5.74, 6) is 5.22. The van der Waals surface area contributed by atoms with Gasteiger partial charge in [-0.1, -0.05) is 0 Å². The summed E-state index contributed by atoms with van der Waals surface area (Å²) in [5.41, 5.74) is 6.68. The molecule has 4 N–H and O–H groups in total. The van der Waals surface area contributed by atoms with E-state index in [9.17, 15) is 4.79 Å². The number of hydrazine groups is 1. The summed E-state index contributed by atoms with van der Waals surface area (Å²) in [7, 11) is 0. The van der Waals surface area contributed by atoms with Crippen molar-refractivity contribution in [1.82, 2.24) is 0 Å². The quantitative estimate of drug-likeness (QED) is 0.518. The maximum absolute atomic E-state index is 12.4. The second kappa shape index (κ2) is 6.60. The molecule has 0 unspecified atom stereocenters. The molecule has 0 aromatic heterocycles. The van der Waals surface area contributed by atoms with Crippen molar-refractivity contribution in [3.05, 3.63) is 56.0 Å². The van der Waals surface area contributed by atoms with Crippen LogP contribution in [-0.2, 0) is 0 Å². The molecule has 21 heavy (non-hydrogen) atoms. The number of benzene rings is 2. The van der Waals surface area contributed by atoms with Gasteiger partial charge in [-0.2, -0.15) is 0 Å². The molecule has 0 atom stereocenters. The Labute approximate surface area is 140 Å². The van der Waals surface area contributed by atoms with Crippen LogP contribution >= 0.6 is 31.9 Å². The number of amides is 1. The number of halogens is 2. The van der Waals surface area contributed by atoms with E-state index < -0.39 is 0 Å². The van der Waals surface area contributed by atoms with Crippen LogP contribution in [0.15, 0.2) is 39.3 Å². The maximum atomic E-state index is 12.4. The number of aryl methyl sites for hydroxylation is 2. The minimum Gasteiger partial charge on any atom is -0.324 e. The first-order chi connectivity index (χ1) is 9.92. The van der Waals surface area contributed by atoms with Crippen molar-refractivity contribution in [1.29, 1.82) is 0 Å². The van der Waals surface area contributed by atoms with Gasteiger partial charge in [0.15, 0.2) is 0 Å². The predicted molar refractivity (Wildman–Crippen MR) is 93.5 cm³/mol. The predicted octanol–water partition coefficient (Wildman–Crippen LogP) is 4.37. The van der Waals surface area contributed by atoms with E-state index in [0.717, 1.165) is 25.8 Å². The molecule has 2 aromatic carbocycles. The minimum atomic E-state index is -0.174. The largest absolute Gasteiger partial charge is 0.324 e. The van der Waals surface area contributed by atoms with Crippen molar-refractivity contribution in [3.63, 3.8) is 0 Å². The van der Waals surface area contributed by atoms with Crippen LogP contribution in [0.25, 0.3) is 0 Å². The van der Waals surface area contributed by atoms with Crippen LogP contribution in [0.2, 0.25) is 0 Å². The fourth-order valence-electron chi connectivity index (χ4n) is 1.97. The molecule has 4 nitrogen and oxygen atoms in total. The van der Waals surface area contributed by atoms with Crippen molar-refractivity contribution >= 4 is 49.1 Å². The third-order valence-corrected chi connectivity index (χ3v) is 4.32. The summed E-state index contributed by atoms with van der Waals surface area (Å²) in [4.78, 5) is 12.4. The van der Waals surface area contributed by atoms with Gasteiger partial charge in [-0.05, 0) is 87.2 Å². The Bertz CT molecular complexity index is 678. The van der Waals surface area contributed by atoms with Gasteiger partial charge in [0.2, 0.25) is 0 Å². The Morgan fingerprint density at radius 1 is 1.10 bits per heavy atom. The van der Waals surface area contributed by atoms with E-state index in [2.05, 4.69) is 42.6 Å². The zero-order valence-electron chi connectivity index (χ0n) is 11.6. The first-order valence-corrected chi connectivity index (χ1v) is 7.85. The lowest BCUT2D eigenvalue weighted by molar-refractivity contribution is 0.102. The van der Waals surface area contributed by atoms with Crippen molar-refractivity contribution in [2.24, 2.45) is 5.84 Å². The lowest BCUT2D eigenvalue weighted by Crippen LogP contribution is -2.14.